The molecule has 0 unspecified atom stereocenters. The molecule has 0 spiro atoms. The molecule has 4 heteroatoms. The average molecular weight is 221 g/mol. The zero-order chi connectivity index (χ0) is 11.5. The Balaban J connectivity index is 2.19. The Morgan fingerprint density at radius 2 is 2.00 bits per heavy atom. The third kappa shape index (κ3) is 2.33. The minimum atomic E-state index is -0.455. The van der Waals surface area contributed by atoms with Gasteiger partial charge >= 0.3 is 0 Å². The lowest BCUT2D eigenvalue weighted by Gasteiger charge is -2.34. The van der Waals surface area contributed by atoms with Gasteiger partial charge in [-0.3, -0.25) is 0 Å². The predicted octanol–water partition coefficient (Wildman–Crippen LogP) is 0.887. The van der Waals surface area contributed by atoms with E-state index in [4.69, 9.17) is 0 Å². The molecule has 1 aromatic heterocycles. The fraction of sp³-hybridized carbons (Fsp3) is 0.583. The number of aromatic nitrogens is 1. The summed E-state index contributed by atoms with van der Waals surface area (Å²) in [5.41, 5.74) is 0.923. The Kier molecular flexibility index (Phi) is 3.41. The fourth-order valence-corrected chi connectivity index (χ4v) is 2.02. The van der Waals surface area contributed by atoms with Crippen LogP contribution in [0.5, 0.6) is 0 Å². The van der Waals surface area contributed by atoms with Crippen LogP contribution >= 0.6 is 0 Å². The highest BCUT2D eigenvalue weighted by Gasteiger charge is 2.19. The van der Waals surface area contributed by atoms with Crippen molar-refractivity contribution in [3.8, 4) is 0 Å². The van der Waals surface area contributed by atoms with E-state index in [1.807, 2.05) is 12.1 Å². The molecule has 1 fully saturated rings. The molecule has 4 nitrogen and oxygen atoms in total. The number of piperazine rings is 1. The van der Waals surface area contributed by atoms with Crippen molar-refractivity contribution in [2.45, 2.75) is 13.0 Å². The summed E-state index contributed by atoms with van der Waals surface area (Å²) >= 11 is 0. The zero-order valence-corrected chi connectivity index (χ0v) is 9.93. The van der Waals surface area contributed by atoms with Crippen LogP contribution in [0.2, 0.25) is 0 Å². The van der Waals surface area contributed by atoms with Gasteiger partial charge in [0.1, 0.15) is 5.82 Å². The van der Waals surface area contributed by atoms with E-state index in [1.54, 1.807) is 13.1 Å². The molecule has 0 aromatic carbocycles. The molecule has 1 saturated heterocycles. The molecule has 1 N–H and O–H groups in total. The van der Waals surface area contributed by atoms with E-state index in [1.165, 1.54) is 0 Å². The van der Waals surface area contributed by atoms with Gasteiger partial charge in [-0.2, -0.15) is 0 Å². The van der Waals surface area contributed by atoms with Gasteiger partial charge in [0.2, 0.25) is 0 Å². The second-order valence-corrected chi connectivity index (χ2v) is 4.38. The van der Waals surface area contributed by atoms with Gasteiger partial charge in [0, 0.05) is 37.9 Å². The third-order valence-corrected chi connectivity index (χ3v) is 3.07. The summed E-state index contributed by atoms with van der Waals surface area (Å²) in [5, 5.41) is 9.71. The predicted molar refractivity (Wildman–Crippen MR) is 64.6 cm³/mol. The van der Waals surface area contributed by atoms with E-state index in [0.717, 1.165) is 37.6 Å². The van der Waals surface area contributed by atoms with Crippen molar-refractivity contribution in [2.24, 2.45) is 0 Å². The summed E-state index contributed by atoms with van der Waals surface area (Å²) in [4.78, 5) is 8.96. The summed E-state index contributed by atoms with van der Waals surface area (Å²) < 4.78 is 0. The summed E-state index contributed by atoms with van der Waals surface area (Å²) in [6.45, 7) is 5.85. The van der Waals surface area contributed by atoms with Gasteiger partial charge in [0.15, 0.2) is 0 Å². The summed E-state index contributed by atoms with van der Waals surface area (Å²) in [5.74, 6) is 0.936. The smallest absolute Gasteiger partial charge is 0.134 e. The Morgan fingerprint density at radius 3 is 2.62 bits per heavy atom. The van der Waals surface area contributed by atoms with Crippen LogP contribution in [0.15, 0.2) is 18.3 Å². The number of nitrogens with zero attached hydrogens (tertiary/aromatic N) is 3. The molecule has 1 aromatic rings. The molecule has 1 atom stereocenters. The first-order valence-corrected chi connectivity index (χ1v) is 5.75. The molecule has 0 amide bonds. The molecule has 2 heterocycles. The van der Waals surface area contributed by atoms with E-state index < -0.39 is 6.10 Å². The second kappa shape index (κ2) is 4.80. The van der Waals surface area contributed by atoms with Crippen LogP contribution in [0.3, 0.4) is 0 Å². The van der Waals surface area contributed by atoms with Crippen molar-refractivity contribution in [1.82, 2.24) is 9.88 Å². The number of hydrogen-bond acceptors (Lipinski definition) is 4. The van der Waals surface area contributed by atoms with E-state index in [9.17, 15) is 5.11 Å². The van der Waals surface area contributed by atoms with Crippen LogP contribution in [-0.2, 0) is 0 Å². The molecule has 2 rings (SSSR count). The van der Waals surface area contributed by atoms with Crippen molar-refractivity contribution >= 4 is 5.82 Å². The quantitative estimate of drug-likeness (QED) is 0.805. The maximum atomic E-state index is 9.71. The molecular formula is C12H19N3O. The van der Waals surface area contributed by atoms with Crippen LogP contribution in [0, 0.1) is 0 Å². The molecule has 0 aliphatic carbocycles. The standard InChI is InChI=1S/C12H19N3O/c1-10(16)11-4-3-5-13-12(11)15-8-6-14(2)7-9-15/h3-5,10,16H,6-9H2,1-2H3/t10-/m1/s1. The largest absolute Gasteiger partial charge is 0.389 e. The number of hydrogen-bond donors (Lipinski definition) is 1. The van der Waals surface area contributed by atoms with Gasteiger partial charge in [-0.1, -0.05) is 6.07 Å². The van der Waals surface area contributed by atoms with Crippen LogP contribution in [0.25, 0.3) is 0 Å². The Bertz CT molecular complexity index is 346. The number of likely N-dealkylation sites (N-methyl/N-ethyl adjacent to an activating group) is 1. The highest BCUT2D eigenvalue weighted by atomic mass is 16.3. The van der Waals surface area contributed by atoms with Crippen molar-refractivity contribution < 1.29 is 5.11 Å². The Hall–Kier alpha value is -1.13. The monoisotopic (exact) mass is 221 g/mol. The number of pyridine rings is 1. The average Bonchev–Trinajstić information content (AvgIpc) is 2.30. The van der Waals surface area contributed by atoms with E-state index >= 15 is 0 Å². The Morgan fingerprint density at radius 1 is 1.31 bits per heavy atom. The molecule has 0 radical (unpaired) electrons. The number of aliphatic hydroxyl groups excluding tert-OH is 1. The first-order valence-electron chi connectivity index (χ1n) is 5.75. The molecule has 16 heavy (non-hydrogen) atoms. The van der Waals surface area contributed by atoms with Gasteiger partial charge in [-0.05, 0) is 20.0 Å². The normalized spacial score (nSPS) is 19.8. The van der Waals surface area contributed by atoms with E-state index in [0.29, 0.717) is 0 Å². The molecule has 88 valence electrons. The zero-order valence-electron chi connectivity index (χ0n) is 9.93. The van der Waals surface area contributed by atoms with Crippen LogP contribution in [-0.4, -0.2) is 48.2 Å². The van der Waals surface area contributed by atoms with Crippen molar-refractivity contribution in [3.05, 3.63) is 23.9 Å². The number of aliphatic hydroxyl groups is 1. The highest BCUT2D eigenvalue weighted by Crippen LogP contribution is 2.24. The SMILES string of the molecule is C[C@@H](O)c1cccnc1N1CCN(C)CC1. The minimum Gasteiger partial charge on any atom is -0.389 e. The second-order valence-electron chi connectivity index (χ2n) is 4.38. The maximum absolute atomic E-state index is 9.71. The van der Waals surface area contributed by atoms with E-state index in [2.05, 4.69) is 21.8 Å². The summed E-state index contributed by atoms with van der Waals surface area (Å²) in [6.07, 6.45) is 1.34. The van der Waals surface area contributed by atoms with Gasteiger partial charge in [-0.25, -0.2) is 4.98 Å². The third-order valence-electron chi connectivity index (χ3n) is 3.07. The summed E-state index contributed by atoms with van der Waals surface area (Å²) in [6, 6.07) is 3.83. The lowest BCUT2D eigenvalue weighted by molar-refractivity contribution is 0.199. The van der Waals surface area contributed by atoms with Gasteiger partial charge in [0.25, 0.3) is 0 Å². The van der Waals surface area contributed by atoms with Gasteiger partial charge < -0.3 is 14.9 Å². The first-order chi connectivity index (χ1) is 7.68. The Labute approximate surface area is 96.5 Å². The first kappa shape index (κ1) is 11.4. The van der Waals surface area contributed by atoms with Crippen LogP contribution in [0.1, 0.15) is 18.6 Å². The molecule has 1 aliphatic heterocycles. The maximum Gasteiger partial charge on any atom is 0.134 e. The fourth-order valence-electron chi connectivity index (χ4n) is 2.02. The van der Waals surface area contributed by atoms with Crippen molar-refractivity contribution in [3.63, 3.8) is 0 Å². The van der Waals surface area contributed by atoms with Crippen LogP contribution in [0.4, 0.5) is 5.82 Å². The van der Waals surface area contributed by atoms with Crippen molar-refractivity contribution in [2.75, 3.05) is 38.1 Å². The van der Waals surface area contributed by atoms with Gasteiger partial charge in [0.05, 0.1) is 6.10 Å². The van der Waals surface area contributed by atoms with Gasteiger partial charge in [-0.15, -0.1) is 0 Å². The number of rotatable bonds is 2. The highest BCUT2D eigenvalue weighted by molar-refractivity contribution is 5.48. The molecule has 1 aliphatic rings. The number of anilines is 1. The lowest BCUT2D eigenvalue weighted by atomic mass is 10.1. The minimum absolute atomic E-state index is 0.455. The lowest BCUT2D eigenvalue weighted by Crippen LogP contribution is -2.45. The molecule has 0 bridgehead atoms. The van der Waals surface area contributed by atoms with Crippen molar-refractivity contribution in [1.29, 1.82) is 0 Å². The topological polar surface area (TPSA) is 39.6 Å². The van der Waals surface area contributed by atoms with Crippen LogP contribution < -0.4 is 4.90 Å². The molecular weight excluding hydrogens is 202 g/mol. The molecule has 0 saturated carbocycles. The van der Waals surface area contributed by atoms with E-state index in [-0.39, 0.29) is 0 Å². The summed E-state index contributed by atoms with van der Waals surface area (Å²) in [7, 11) is 2.13.